The molecule has 0 saturated carbocycles. The summed E-state index contributed by atoms with van der Waals surface area (Å²) in [5.41, 5.74) is -1.67. The molecule has 1 fully saturated rings. The van der Waals surface area contributed by atoms with Crippen molar-refractivity contribution >= 4 is 5.97 Å². The molecular weight excluding hydrogens is 242 g/mol. The van der Waals surface area contributed by atoms with Crippen LogP contribution in [0.4, 0.5) is 0 Å². The summed E-state index contributed by atoms with van der Waals surface area (Å²) < 4.78 is 5.46. The Hall–Kier alpha value is -1.05. The third kappa shape index (κ3) is 3.95. The average Bonchev–Trinajstić information content (AvgIpc) is 2.40. The highest BCUT2D eigenvalue weighted by Crippen LogP contribution is 2.24. The normalized spacial score (nSPS) is 21.9. The van der Waals surface area contributed by atoms with Gasteiger partial charge in [0.25, 0.3) is 0 Å². The lowest BCUT2D eigenvalue weighted by atomic mass is 9.87. The standard InChI is InChI=1S/C15H25NO3/c1-5-9-15(18,12(3)6-2)14(17)19-13-7-10-16(4)11-8-13/h12-13,18H,6-8,10-11H2,1-4H3. The largest absolute Gasteiger partial charge is 0.459 e. The summed E-state index contributed by atoms with van der Waals surface area (Å²) >= 11 is 0. The summed E-state index contributed by atoms with van der Waals surface area (Å²) in [6, 6.07) is 0. The number of hydrogen-bond acceptors (Lipinski definition) is 4. The van der Waals surface area contributed by atoms with Crippen molar-refractivity contribution in [3.63, 3.8) is 0 Å². The van der Waals surface area contributed by atoms with E-state index in [2.05, 4.69) is 23.8 Å². The highest BCUT2D eigenvalue weighted by atomic mass is 16.6. The first-order chi connectivity index (χ1) is 8.93. The Kier molecular flexibility index (Phi) is 5.84. The van der Waals surface area contributed by atoms with Crippen LogP contribution in [0, 0.1) is 17.8 Å². The van der Waals surface area contributed by atoms with Crippen LogP contribution in [0.2, 0.25) is 0 Å². The van der Waals surface area contributed by atoms with Crippen LogP contribution in [0.3, 0.4) is 0 Å². The van der Waals surface area contributed by atoms with Gasteiger partial charge in [0, 0.05) is 19.0 Å². The van der Waals surface area contributed by atoms with Gasteiger partial charge in [-0.1, -0.05) is 19.8 Å². The third-order valence-electron chi connectivity index (χ3n) is 3.89. The molecule has 2 atom stereocenters. The van der Waals surface area contributed by atoms with Crippen molar-refractivity contribution in [1.29, 1.82) is 0 Å². The van der Waals surface area contributed by atoms with Crippen LogP contribution in [-0.2, 0) is 9.53 Å². The van der Waals surface area contributed by atoms with Gasteiger partial charge in [0.05, 0.1) is 0 Å². The predicted octanol–water partition coefficient (Wildman–Crippen LogP) is 1.42. The van der Waals surface area contributed by atoms with E-state index in [1.54, 1.807) is 6.92 Å². The number of nitrogens with zero attached hydrogens (tertiary/aromatic N) is 1. The second-order valence-electron chi connectivity index (χ2n) is 5.36. The first-order valence-electron chi connectivity index (χ1n) is 7.00. The van der Waals surface area contributed by atoms with E-state index in [1.165, 1.54) is 0 Å². The molecule has 1 aliphatic rings. The summed E-state index contributed by atoms with van der Waals surface area (Å²) in [4.78, 5) is 14.4. The summed E-state index contributed by atoms with van der Waals surface area (Å²) in [6.45, 7) is 7.20. The first-order valence-corrected chi connectivity index (χ1v) is 7.00. The van der Waals surface area contributed by atoms with E-state index in [0.29, 0.717) is 6.42 Å². The van der Waals surface area contributed by atoms with Gasteiger partial charge in [0.15, 0.2) is 0 Å². The number of carbonyl (C=O) groups excluding carboxylic acids is 1. The van der Waals surface area contributed by atoms with E-state index in [1.807, 2.05) is 13.8 Å². The molecule has 1 heterocycles. The molecule has 4 heteroatoms. The Morgan fingerprint density at radius 2 is 2.11 bits per heavy atom. The van der Waals surface area contributed by atoms with Gasteiger partial charge in [0.2, 0.25) is 5.60 Å². The Labute approximate surface area is 116 Å². The van der Waals surface area contributed by atoms with Gasteiger partial charge in [-0.05, 0) is 33.2 Å². The van der Waals surface area contributed by atoms with Crippen LogP contribution < -0.4 is 0 Å². The number of aliphatic hydroxyl groups is 1. The quantitative estimate of drug-likeness (QED) is 0.618. The number of esters is 1. The molecule has 0 aromatic heterocycles. The lowest BCUT2D eigenvalue weighted by Gasteiger charge is -2.32. The van der Waals surface area contributed by atoms with Crippen LogP contribution >= 0.6 is 0 Å². The molecule has 1 aliphatic heterocycles. The van der Waals surface area contributed by atoms with Crippen LogP contribution in [0.1, 0.15) is 40.0 Å². The van der Waals surface area contributed by atoms with Crippen molar-refractivity contribution in [3.8, 4) is 11.8 Å². The average molecular weight is 267 g/mol. The molecule has 1 N–H and O–H groups in total. The molecule has 0 bridgehead atoms. The summed E-state index contributed by atoms with van der Waals surface area (Å²) in [5.74, 6) is 4.44. The molecular formula is C15H25NO3. The van der Waals surface area contributed by atoms with Gasteiger partial charge in [-0.15, -0.1) is 5.92 Å². The minimum atomic E-state index is -1.67. The van der Waals surface area contributed by atoms with E-state index in [0.717, 1.165) is 25.9 Å². The molecule has 0 aliphatic carbocycles. The minimum absolute atomic E-state index is 0.0991. The maximum absolute atomic E-state index is 12.2. The molecule has 0 radical (unpaired) electrons. The van der Waals surface area contributed by atoms with Crippen molar-refractivity contribution in [2.45, 2.75) is 51.7 Å². The fraction of sp³-hybridized carbons (Fsp3) is 0.800. The highest BCUT2D eigenvalue weighted by molar-refractivity contribution is 5.84. The van der Waals surface area contributed by atoms with E-state index in [9.17, 15) is 9.90 Å². The van der Waals surface area contributed by atoms with E-state index in [-0.39, 0.29) is 12.0 Å². The molecule has 19 heavy (non-hydrogen) atoms. The fourth-order valence-corrected chi connectivity index (χ4v) is 2.21. The van der Waals surface area contributed by atoms with Crippen LogP contribution in [0.5, 0.6) is 0 Å². The highest BCUT2D eigenvalue weighted by Gasteiger charge is 2.42. The Bertz CT molecular complexity index is 363. The lowest BCUT2D eigenvalue weighted by Crippen LogP contribution is -2.47. The van der Waals surface area contributed by atoms with Crippen molar-refractivity contribution < 1.29 is 14.6 Å². The minimum Gasteiger partial charge on any atom is -0.459 e. The zero-order valence-electron chi connectivity index (χ0n) is 12.4. The van der Waals surface area contributed by atoms with E-state index < -0.39 is 11.6 Å². The number of ether oxygens (including phenoxy) is 1. The summed E-state index contributed by atoms with van der Waals surface area (Å²) in [5, 5.41) is 10.5. The molecule has 0 aromatic carbocycles. The number of hydrogen-bond donors (Lipinski definition) is 1. The number of carbonyl (C=O) groups is 1. The molecule has 0 spiro atoms. The summed E-state index contributed by atoms with van der Waals surface area (Å²) in [7, 11) is 2.05. The molecule has 0 aromatic rings. The predicted molar refractivity (Wildman–Crippen MR) is 74.5 cm³/mol. The number of likely N-dealkylation sites (tertiary alicyclic amines) is 1. The fourth-order valence-electron chi connectivity index (χ4n) is 2.21. The molecule has 4 nitrogen and oxygen atoms in total. The van der Waals surface area contributed by atoms with E-state index in [4.69, 9.17) is 4.74 Å². The maximum atomic E-state index is 12.2. The van der Waals surface area contributed by atoms with Gasteiger partial charge in [-0.25, -0.2) is 4.79 Å². The maximum Gasteiger partial charge on any atom is 0.351 e. The Balaban J connectivity index is 2.69. The van der Waals surface area contributed by atoms with Crippen LogP contribution in [0.15, 0.2) is 0 Å². The van der Waals surface area contributed by atoms with Gasteiger partial charge < -0.3 is 14.7 Å². The molecule has 1 rings (SSSR count). The third-order valence-corrected chi connectivity index (χ3v) is 3.89. The van der Waals surface area contributed by atoms with Crippen molar-refractivity contribution in [2.75, 3.05) is 20.1 Å². The van der Waals surface area contributed by atoms with Crippen LogP contribution in [-0.4, -0.2) is 47.8 Å². The number of rotatable bonds is 4. The zero-order chi connectivity index (χ0) is 14.5. The van der Waals surface area contributed by atoms with E-state index >= 15 is 0 Å². The molecule has 0 amide bonds. The van der Waals surface area contributed by atoms with Gasteiger partial charge >= 0.3 is 5.97 Å². The van der Waals surface area contributed by atoms with Crippen molar-refractivity contribution in [2.24, 2.45) is 5.92 Å². The molecule has 108 valence electrons. The van der Waals surface area contributed by atoms with Gasteiger partial charge in [-0.3, -0.25) is 0 Å². The zero-order valence-corrected chi connectivity index (χ0v) is 12.4. The second kappa shape index (κ2) is 6.93. The van der Waals surface area contributed by atoms with Crippen LogP contribution in [0.25, 0.3) is 0 Å². The first kappa shape index (κ1) is 16.0. The van der Waals surface area contributed by atoms with Gasteiger partial charge in [-0.2, -0.15) is 0 Å². The van der Waals surface area contributed by atoms with Crippen molar-refractivity contribution in [1.82, 2.24) is 4.90 Å². The molecule has 1 saturated heterocycles. The SMILES string of the molecule is CC#CC(O)(C(=O)OC1CCN(C)CC1)C(C)CC. The van der Waals surface area contributed by atoms with Gasteiger partial charge in [0.1, 0.15) is 6.10 Å². The van der Waals surface area contributed by atoms with Crippen molar-refractivity contribution in [3.05, 3.63) is 0 Å². The second-order valence-corrected chi connectivity index (χ2v) is 5.36. The Morgan fingerprint density at radius 1 is 1.53 bits per heavy atom. The molecule has 2 unspecified atom stereocenters. The number of piperidine rings is 1. The smallest absolute Gasteiger partial charge is 0.351 e. The Morgan fingerprint density at radius 3 is 2.58 bits per heavy atom. The summed E-state index contributed by atoms with van der Waals surface area (Å²) in [6.07, 6.45) is 2.21. The lowest BCUT2D eigenvalue weighted by molar-refractivity contribution is -0.171. The monoisotopic (exact) mass is 267 g/mol. The topological polar surface area (TPSA) is 49.8 Å².